The van der Waals surface area contributed by atoms with Crippen LogP contribution >= 0.6 is 24.8 Å². The Hall–Kier alpha value is -0.810. The van der Waals surface area contributed by atoms with Gasteiger partial charge in [0, 0.05) is 39.1 Å². The molecule has 6 heteroatoms. The van der Waals surface area contributed by atoms with Crippen LogP contribution in [0.5, 0.6) is 0 Å². The Morgan fingerprint density at radius 2 is 1.64 bits per heavy atom. The molecule has 0 radical (unpaired) electrons. The molecule has 2 fully saturated rings. The third-order valence-electron chi connectivity index (χ3n) is 5.20. The van der Waals surface area contributed by atoms with Gasteiger partial charge in [0.25, 0.3) is 0 Å². The van der Waals surface area contributed by atoms with Crippen LogP contribution in [0.4, 0.5) is 0 Å². The number of hydrogen-bond acceptors (Lipinski definition) is 3. The highest BCUT2D eigenvalue weighted by molar-refractivity contribution is 5.85. The third kappa shape index (κ3) is 7.14. The molecule has 0 saturated carbocycles. The fraction of sp³-hybridized carbons (Fsp3) is 0.632. The number of piperazine rings is 1. The Kier molecular flexibility index (Phi) is 10.4. The van der Waals surface area contributed by atoms with E-state index in [1.54, 1.807) is 0 Å². The summed E-state index contributed by atoms with van der Waals surface area (Å²) in [5, 5.41) is 3.39. The Bertz CT molecular complexity index is 487. The predicted molar refractivity (Wildman–Crippen MR) is 108 cm³/mol. The minimum absolute atomic E-state index is 0. The maximum absolute atomic E-state index is 12.4. The number of hydrogen-bond donors (Lipinski definition) is 1. The van der Waals surface area contributed by atoms with Crippen LogP contribution in [0, 0.1) is 5.92 Å². The number of rotatable bonds is 5. The van der Waals surface area contributed by atoms with E-state index in [0.29, 0.717) is 5.91 Å². The van der Waals surface area contributed by atoms with Gasteiger partial charge in [-0.25, -0.2) is 0 Å². The van der Waals surface area contributed by atoms with E-state index < -0.39 is 0 Å². The largest absolute Gasteiger partial charge is 0.340 e. The summed E-state index contributed by atoms with van der Waals surface area (Å²) in [7, 11) is 0. The molecule has 0 unspecified atom stereocenters. The lowest BCUT2D eigenvalue weighted by atomic mass is 9.93. The molecule has 0 aromatic heterocycles. The molecule has 2 saturated heterocycles. The Balaban J connectivity index is 0.00000156. The van der Waals surface area contributed by atoms with Crippen molar-refractivity contribution in [3.63, 3.8) is 0 Å². The lowest BCUT2D eigenvalue weighted by molar-refractivity contribution is -0.133. The summed E-state index contributed by atoms with van der Waals surface area (Å²) in [6.45, 7) is 7.00. The normalized spacial score (nSPS) is 19.0. The molecule has 2 aliphatic rings. The highest BCUT2D eigenvalue weighted by Crippen LogP contribution is 2.19. The number of halogens is 2. The molecule has 1 amide bonds. The number of carbonyl (C=O) groups is 1. The number of carbonyl (C=O) groups excluding carboxylic acids is 1. The van der Waals surface area contributed by atoms with E-state index in [-0.39, 0.29) is 24.8 Å². The summed E-state index contributed by atoms with van der Waals surface area (Å²) in [5.41, 5.74) is 1.36. The molecule has 0 bridgehead atoms. The van der Waals surface area contributed by atoms with Crippen molar-refractivity contribution < 1.29 is 4.79 Å². The first-order valence-electron chi connectivity index (χ1n) is 9.06. The summed E-state index contributed by atoms with van der Waals surface area (Å²) < 4.78 is 0. The quantitative estimate of drug-likeness (QED) is 0.843. The fourth-order valence-electron chi connectivity index (χ4n) is 3.65. The molecular formula is C19H31Cl2N3O. The maximum atomic E-state index is 12.4. The van der Waals surface area contributed by atoms with Crippen LogP contribution in [-0.4, -0.2) is 55.0 Å². The minimum Gasteiger partial charge on any atom is -0.340 e. The van der Waals surface area contributed by atoms with Crippen LogP contribution in [0.2, 0.25) is 0 Å². The number of nitrogens with one attached hydrogen (secondary N) is 1. The molecule has 2 aliphatic heterocycles. The molecule has 0 atom stereocenters. The highest BCUT2D eigenvalue weighted by Gasteiger charge is 2.22. The van der Waals surface area contributed by atoms with Crippen LogP contribution in [0.25, 0.3) is 0 Å². The molecule has 25 heavy (non-hydrogen) atoms. The average Bonchev–Trinajstić information content (AvgIpc) is 2.62. The van der Waals surface area contributed by atoms with Gasteiger partial charge in [0.05, 0.1) is 0 Å². The number of piperidine rings is 1. The Morgan fingerprint density at radius 3 is 2.28 bits per heavy atom. The zero-order chi connectivity index (χ0) is 15.9. The molecule has 3 rings (SSSR count). The predicted octanol–water partition coefficient (Wildman–Crippen LogP) is 2.95. The Morgan fingerprint density at radius 1 is 1.00 bits per heavy atom. The zero-order valence-corrected chi connectivity index (χ0v) is 16.5. The lowest BCUT2D eigenvalue weighted by Crippen LogP contribution is -2.48. The van der Waals surface area contributed by atoms with Gasteiger partial charge in [-0.2, -0.15) is 0 Å². The number of amides is 1. The van der Waals surface area contributed by atoms with Crippen molar-refractivity contribution in [1.29, 1.82) is 0 Å². The summed E-state index contributed by atoms with van der Waals surface area (Å²) in [6, 6.07) is 10.6. The van der Waals surface area contributed by atoms with Gasteiger partial charge in [-0.15, -0.1) is 24.8 Å². The Labute approximate surface area is 164 Å². The topological polar surface area (TPSA) is 35.6 Å². The highest BCUT2D eigenvalue weighted by atomic mass is 35.5. The SMILES string of the molecule is Cl.Cl.O=C(CCC1CCNCC1)N1CCN(Cc2ccccc2)CC1. The van der Waals surface area contributed by atoms with Crippen LogP contribution in [0.15, 0.2) is 30.3 Å². The molecule has 0 spiro atoms. The van der Waals surface area contributed by atoms with Crippen molar-refractivity contribution in [3.8, 4) is 0 Å². The van der Waals surface area contributed by atoms with Crippen molar-refractivity contribution in [2.45, 2.75) is 32.2 Å². The minimum atomic E-state index is 0. The second-order valence-electron chi connectivity index (χ2n) is 6.87. The van der Waals surface area contributed by atoms with Crippen molar-refractivity contribution in [2.75, 3.05) is 39.3 Å². The lowest BCUT2D eigenvalue weighted by Gasteiger charge is -2.35. The zero-order valence-electron chi connectivity index (χ0n) is 14.9. The molecule has 142 valence electrons. The molecule has 1 aromatic carbocycles. The first-order valence-corrected chi connectivity index (χ1v) is 9.06. The number of nitrogens with zero attached hydrogens (tertiary/aromatic N) is 2. The van der Waals surface area contributed by atoms with Crippen molar-refractivity contribution >= 4 is 30.7 Å². The van der Waals surface area contributed by atoms with Crippen LogP contribution in [-0.2, 0) is 11.3 Å². The second-order valence-corrected chi connectivity index (χ2v) is 6.87. The van der Waals surface area contributed by atoms with E-state index in [9.17, 15) is 4.79 Å². The first-order chi connectivity index (χ1) is 11.3. The summed E-state index contributed by atoms with van der Waals surface area (Å²) in [4.78, 5) is 16.9. The van der Waals surface area contributed by atoms with Crippen LogP contribution in [0.3, 0.4) is 0 Å². The van der Waals surface area contributed by atoms with Crippen molar-refractivity contribution in [3.05, 3.63) is 35.9 Å². The summed E-state index contributed by atoms with van der Waals surface area (Å²) in [5.74, 6) is 1.11. The van der Waals surface area contributed by atoms with Crippen molar-refractivity contribution in [2.24, 2.45) is 5.92 Å². The average molecular weight is 388 g/mol. The molecule has 1 N–H and O–H groups in total. The third-order valence-corrected chi connectivity index (χ3v) is 5.20. The molecule has 0 aliphatic carbocycles. The van der Waals surface area contributed by atoms with E-state index in [0.717, 1.165) is 64.6 Å². The molecular weight excluding hydrogens is 357 g/mol. The second kappa shape index (κ2) is 11.7. The standard InChI is InChI=1S/C19H29N3O.2ClH/c23-19(7-6-17-8-10-20-11-9-17)22-14-12-21(13-15-22)16-18-4-2-1-3-5-18;;/h1-5,17,20H,6-16H2;2*1H. The molecule has 4 nitrogen and oxygen atoms in total. The van der Waals surface area contributed by atoms with Crippen molar-refractivity contribution in [1.82, 2.24) is 15.1 Å². The van der Waals surface area contributed by atoms with Gasteiger partial charge < -0.3 is 10.2 Å². The van der Waals surface area contributed by atoms with Crippen LogP contribution in [0.1, 0.15) is 31.2 Å². The van der Waals surface area contributed by atoms with Gasteiger partial charge in [0.15, 0.2) is 0 Å². The van der Waals surface area contributed by atoms with Gasteiger partial charge in [-0.1, -0.05) is 30.3 Å². The summed E-state index contributed by atoms with van der Waals surface area (Å²) >= 11 is 0. The van der Waals surface area contributed by atoms with Gasteiger partial charge in [-0.3, -0.25) is 9.69 Å². The van der Waals surface area contributed by atoms with E-state index >= 15 is 0 Å². The van der Waals surface area contributed by atoms with E-state index in [4.69, 9.17) is 0 Å². The van der Waals surface area contributed by atoms with Crippen LogP contribution < -0.4 is 5.32 Å². The monoisotopic (exact) mass is 387 g/mol. The van der Waals surface area contributed by atoms with Gasteiger partial charge >= 0.3 is 0 Å². The van der Waals surface area contributed by atoms with E-state index in [1.165, 1.54) is 18.4 Å². The smallest absolute Gasteiger partial charge is 0.222 e. The molecule has 2 heterocycles. The van der Waals surface area contributed by atoms with Gasteiger partial charge in [0.2, 0.25) is 5.91 Å². The van der Waals surface area contributed by atoms with E-state index in [2.05, 4.69) is 45.4 Å². The van der Waals surface area contributed by atoms with Gasteiger partial charge in [-0.05, 0) is 43.8 Å². The van der Waals surface area contributed by atoms with Gasteiger partial charge in [0.1, 0.15) is 0 Å². The fourth-order valence-corrected chi connectivity index (χ4v) is 3.65. The van der Waals surface area contributed by atoms with E-state index in [1.807, 2.05) is 0 Å². The number of benzene rings is 1. The first kappa shape index (κ1) is 22.2. The maximum Gasteiger partial charge on any atom is 0.222 e. The summed E-state index contributed by atoms with van der Waals surface area (Å²) in [6.07, 6.45) is 4.28. The molecule has 1 aromatic rings.